The first-order valence-electron chi connectivity index (χ1n) is 9.57. The molecule has 1 aromatic rings. The molecule has 0 aromatic heterocycles. The van der Waals surface area contributed by atoms with E-state index in [0.717, 1.165) is 24.5 Å². The predicted octanol–water partition coefficient (Wildman–Crippen LogP) is 1.84. The minimum Gasteiger partial charge on any atom is -0.497 e. The van der Waals surface area contributed by atoms with Crippen molar-refractivity contribution in [2.45, 2.75) is 26.2 Å². The Morgan fingerprint density at radius 2 is 1.82 bits per heavy atom. The van der Waals surface area contributed by atoms with Gasteiger partial charge in [0.15, 0.2) is 5.92 Å². The zero-order valence-corrected chi connectivity index (χ0v) is 16.3. The number of piperidine rings is 1. The molecule has 8 heteroatoms. The molecule has 0 radical (unpaired) electrons. The summed E-state index contributed by atoms with van der Waals surface area (Å²) in [6.45, 7) is 5.13. The number of hydrogen-bond donors (Lipinski definition) is 1. The quantitative estimate of drug-likeness (QED) is 0.595. The molecule has 1 N–H and O–H groups in total. The molecule has 2 fully saturated rings. The van der Waals surface area contributed by atoms with Crippen LogP contribution in [0.5, 0.6) is 5.75 Å². The van der Waals surface area contributed by atoms with Crippen LogP contribution in [0.15, 0.2) is 29.3 Å². The van der Waals surface area contributed by atoms with Gasteiger partial charge in [0.05, 0.1) is 19.3 Å². The molecular formula is C20H26N4O4. The number of amides is 4. The number of ether oxygens (including phenoxy) is 1. The molecule has 2 aliphatic heterocycles. The fourth-order valence-corrected chi connectivity index (χ4v) is 3.56. The number of methoxy groups -OCH3 is 1. The van der Waals surface area contributed by atoms with Crippen molar-refractivity contribution in [2.24, 2.45) is 10.9 Å². The van der Waals surface area contributed by atoms with Gasteiger partial charge in [-0.1, -0.05) is 6.42 Å². The van der Waals surface area contributed by atoms with E-state index in [1.165, 1.54) is 26.4 Å². The highest BCUT2D eigenvalue weighted by Crippen LogP contribution is 2.24. The van der Waals surface area contributed by atoms with E-state index in [9.17, 15) is 14.4 Å². The molecule has 0 saturated carbocycles. The van der Waals surface area contributed by atoms with Crippen LogP contribution in [0.3, 0.4) is 0 Å². The van der Waals surface area contributed by atoms with Crippen molar-refractivity contribution in [2.75, 3.05) is 38.2 Å². The number of nitrogens with one attached hydrogen (secondary N) is 1. The zero-order valence-electron chi connectivity index (χ0n) is 16.3. The van der Waals surface area contributed by atoms with E-state index >= 15 is 0 Å². The highest BCUT2D eigenvalue weighted by atomic mass is 16.5. The van der Waals surface area contributed by atoms with Crippen LogP contribution in [0.1, 0.15) is 26.2 Å². The number of nitrogens with zero attached hydrogens (tertiary/aromatic N) is 3. The Bertz CT molecular complexity index is 769. The van der Waals surface area contributed by atoms with Gasteiger partial charge < -0.3 is 9.64 Å². The first-order valence-corrected chi connectivity index (χ1v) is 9.57. The summed E-state index contributed by atoms with van der Waals surface area (Å²) in [6.07, 6.45) is 3.67. The number of carbonyl (C=O) groups is 3. The second-order valence-electron chi connectivity index (χ2n) is 7.02. The van der Waals surface area contributed by atoms with Crippen LogP contribution >= 0.6 is 0 Å². The van der Waals surface area contributed by atoms with Crippen LogP contribution in [0, 0.1) is 5.92 Å². The summed E-state index contributed by atoms with van der Waals surface area (Å²) < 4.78 is 5.10. The summed E-state index contributed by atoms with van der Waals surface area (Å²) in [7, 11) is 1.53. The van der Waals surface area contributed by atoms with Crippen molar-refractivity contribution in [1.29, 1.82) is 0 Å². The maximum atomic E-state index is 12.9. The standard InChI is InChI=1S/C20H26N4O4/c1-14(21-10-13-23-11-4-3-5-12-23)17-18(25)22-20(27)24(19(17)26)15-6-8-16(28-2)9-7-15/h6-9,17H,3-5,10-13H2,1-2H3,(H,22,25,27). The minimum atomic E-state index is -1.10. The van der Waals surface area contributed by atoms with Gasteiger partial charge in [-0.05, 0) is 57.1 Å². The van der Waals surface area contributed by atoms with Gasteiger partial charge in [-0.3, -0.25) is 19.9 Å². The molecule has 4 amide bonds. The first-order chi connectivity index (χ1) is 13.5. The lowest BCUT2D eigenvalue weighted by molar-refractivity contribution is -0.131. The van der Waals surface area contributed by atoms with Gasteiger partial charge in [0.1, 0.15) is 5.75 Å². The maximum Gasteiger partial charge on any atom is 0.335 e. The molecular weight excluding hydrogens is 360 g/mol. The SMILES string of the molecule is COc1ccc(N2C(=O)NC(=O)C(C(C)=NCCN3CCCCC3)C2=O)cc1. The topological polar surface area (TPSA) is 91.3 Å². The molecule has 150 valence electrons. The molecule has 1 atom stereocenters. The van der Waals surface area contributed by atoms with E-state index in [1.807, 2.05) is 0 Å². The van der Waals surface area contributed by atoms with Gasteiger partial charge in [-0.15, -0.1) is 0 Å². The van der Waals surface area contributed by atoms with Crippen molar-refractivity contribution >= 4 is 29.2 Å². The van der Waals surface area contributed by atoms with E-state index in [-0.39, 0.29) is 0 Å². The normalized spacial score (nSPS) is 21.6. The molecule has 1 aromatic carbocycles. The summed E-state index contributed by atoms with van der Waals surface area (Å²) in [5, 5.41) is 2.26. The Balaban J connectivity index is 1.71. The van der Waals surface area contributed by atoms with Gasteiger partial charge in [0.2, 0.25) is 5.91 Å². The Kier molecular flexibility index (Phi) is 6.41. The zero-order chi connectivity index (χ0) is 20.1. The lowest BCUT2D eigenvalue weighted by Crippen LogP contribution is -2.60. The molecule has 28 heavy (non-hydrogen) atoms. The third kappa shape index (κ3) is 4.39. The third-order valence-electron chi connectivity index (χ3n) is 5.14. The van der Waals surface area contributed by atoms with Crippen LogP contribution in [0.2, 0.25) is 0 Å². The molecule has 2 heterocycles. The lowest BCUT2D eigenvalue weighted by Gasteiger charge is -2.30. The Morgan fingerprint density at radius 1 is 1.14 bits per heavy atom. The van der Waals surface area contributed by atoms with Crippen molar-refractivity contribution in [3.8, 4) is 5.75 Å². The van der Waals surface area contributed by atoms with Gasteiger partial charge in [-0.2, -0.15) is 0 Å². The van der Waals surface area contributed by atoms with E-state index in [2.05, 4.69) is 15.2 Å². The number of imide groups is 2. The molecule has 1 unspecified atom stereocenters. The number of likely N-dealkylation sites (tertiary alicyclic amines) is 1. The van der Waals surface area contributed by atoms with E-state index in [1.54, 1.807) is 31.2 Å². The first kappa shape index (κ1) is 20.0. The summed E-state index contributed by atoms with van der Waals surface area (Å²) in [4.78, 5) is 45.3. The highest BCUT2D eigenvalue weighted by Gasteiger charge is 2.42. The van der Waals surface area contributed by atoms with E-state index in [4.69, 9.17) is 4.74 Å². The molecule has 0 aliphatic carbocycles. The second kappa shape index (κ2) is 8.97. The van der Waals surface area contributed by atoms with Crippen molar-refractivity contribution in [3.63, 3.8) is 0 Å². The summed E-state index contributed by atoms with van der Waals surface area (Å²) >= 11 is 0. The number of aliphatic imine (C=N–C) groups is 1. The fourth-order valence-electron chi connectivity index (χ4n) is 3.56. The van der Waals surface area contributed by atoms with Gasteiger partial charge in [-0.25, -0.2) is 9.69 Å². The number of hydrogen-bond acceptors (Lipinski definition) is 6. The number of carbonyl (C=O) groups excluding carboxylic acids is 3. The van der Waals surface area contributed by atoms with Crippen LogP contribution in [-0.4, -0.2) is 61.7 Å². The smallest absolute Gasteiger partial charge is 0.335 e. The van der Waals surface area contributed by atoms with Crippen molar-refractivity contribution < 1.29 is 19.1 Å². The summed E-state index contributed by atoms with van der Waals surface area (Å²) in [6, 6.07) is 5.76. The largest absolute Gasteiger partial charge is 0.497 e. The predicted molar refractivity (Wildman–Crippen MR) is 106 cm³/mol. The van der Waals surface area contributed by atoms with Crippen LogP contribution in [0.4, 0.5) is 10.5 Å². The number of rotatable bonds is 6. The van der Waals surface area contributed by atoms with Crippen LogP contribution in [-0.2, 0) is 9.59 Å². The summed E-state index contributed by atoms with van der Waals surface area (Å²) in [5.41, 5.74) is 0.799. The Hall–Kier alpha value is -2.74. The average Bonchev–Trinajstić information content (AvgIpc) is 2.69. The van der Waals surface area contributed by atoms with Crippen LogP contribution < -0.4 is 15.0 Å². The third-order valence-corrected chi connectivity index (χ3v) is 5.14. The Morgan fingerprint density at radius 3 is 2.46 bits per heavy atom. The molecule has 0 spiro atoms. The van der Waals surface area contributed by atoms with Gasteiger partial charge in [0, 0.05) is 12.3 Å². The molecule has 0 bridgehead atoms. The summed E-state index contributed by atoms with van der Waals surface area (Å²) in [5.74, 6) is -1.70. The van der Waals surface area contributed by atoms with E-state index < -0.39 is 23.8 Å². The van der Waals surface area contributed by atoms with Crippen LogP contribution in [0.25, 0.3) is 0 Å². The monoisotopic (exact) mass is 386 g/mol. The Labute approximate surface area is 164 Å². The fraction of sp³-hybridized carbons (Fsp3) is 0.500. The maximum absolute atomic E-state index is 12.9. The number of urea groups is 1. The van der Waals surface area contributed by atoms with Crippen molar-refractivity contribution in [1.82, 2.24) is 10.2 Å². The minimum absolute atomic E-state index is 0.377. The lowest BCUT2D eigenvalue weighted by atomic mass is 9.99. The number of barbiturate groups is 1. The molecule has 2 saturated heterocycles. The van der Waals surface area contributed by atoms with Gasteiger partial charge >= 0.3 is 6.03 Å². The molecule has 8 nitrogen and oxygen atoms in total. The van der Waals surface area contributed by atoms with Gasteiger partial charge in [0.25, 0.3) is 5.91 Å². The number of benzene rings is 1. The molecule has 2 aliphatic rings. The van der Waals surface area contributed by atoms with E-state index in [0.29, 0.717) is 23.7 Å². The number of anilines is 1. The van der Waals surface area contributed by atoms with Crippen molar-refractivity contribution in [3.05, 3.63) is 24.3 Å². The second-order valence-corrected chi connectivity index (χ2v) is 7.02. The molecule has 3 rings (SSSR count). The highest BCUT2D eigenvalue weighted by molar-refractivity contribution is 6.35. The average molecular weight is 386 g/mol.